The van der Waals surface area contributed by atoms with Crippen LogP contribution in [0.4, 0.5) is 5.69 Å². The Morgan fingerprint density at radius 1 is 0.926 bits per heavy atom. The summed E-state index contributed by atoms with van der Waals surface area (Å²) in [4.78, 5) is 28.8. The fourth-order valence-corrected chi connectivity index (χ4v) is 4.17. The molecule has 0 aromatic heterocycles. The van der Waals surface area contributed by atoms with Gasteiger partial charge < -0.3 is 9.80 Å². The molecule has 2 fully saturated rings. The first-order chi connectivity index (χ1) is 13.2. The first kappa shape index (κ1) is 17.8. The Morgan fingerprint density at radius 3 is 2.33 bits per heavy atom. The van der Waals surface area contributed by atoms with Gasteiger partial charge in [0, 0.05) is 37.3 Å². The second-order valence-electron chi connectivity index (χ2n) is 7.66. The summed E-state index contributed by atoms with van der Waals surface area (Å²) in [7, 11) is 0. The van der Waals surface area contributed by atoms with E-state index in [1.54, 1.807) is 0 Å². The highest BCUT2D eigenvalue weighted by Crippen LogP contribution is 2.27. The van der Waals surface area contributed by atoms with Crippen LogP contribution in [0.5, 0.6) is 0 Å². The Kier molecular flexibility index (Phi) is 5.23. The predicted molar refractivity (Wildman–Crippen MR) is 107 cm³/mol. The molecule has 0 unspecified atom stereocenters. The van der Waals surface area contributed by atoms with Crippen molar-refractivity contribution in [2.24, 2.45) is 5.92 Å². The van der Waals surface area contributed by atoms with Crippen LogP contribution >= 0.6 is 0 Å². The lowest BCUT2D eigenvalue weighted by Gasteiger charge is -2.26. The van der Waals surface area contributed by atoms with Crippen LogP contribution in [0, 0.1) is 5.92 Å². The molecule has 0 radical (unpaired) electrons. The van der Waals surface area contributed by atoms with Crippen LogP contribution in [-0.2, 0) is 11.2 Å². The molecule has 0 N–H and O–H groups in total. The number of nitrogens with zero attached hydrogens (tertiary/aromatic N) is 2. The van der Waals surface area contributed by atoms with Crippen LogP contribution in [-0.4, -0.2) is 36.3 Å². The van der Waals surface area contributed by atoms with Gasteiger partial charge in [-0.25, -0.2) is 0 Å². The number of hydrogen-bond acceptors (Lipinski definition) is 2. The van der Waals surface area contributed by atoms with Gasteiger partial charge in [-0.2, -0.15) is 0 Å². The van der Waals surface area contributed by atoms with E-state index in [9.17, 15) is 9.59 Å². The molecule has 0 bridgehead atoms. The fraction of sp³-hybridized carbons (Fsp3) is 0.391. The summed E-state index contributed by atoms with van der Waals surface area (Å²) in [6.07, 6.45) is 4.90. The van der Waals surface area contributed by atoms with E-state index in [0.29, 0.717) is 12.3 Å². The molecule has 4 heteroatoms. The summed E-state index contributed by atoms with van der Waals surface area (Å²) < 4.78 is 0. The lowest BCUT2D eigenvalue weighted by atomic mass is 9.97. The number of para-hydroxylation sites is 1. The number of hydrogen-bond donors (Lipinski definition) is 0. The second kappa shape index (κ2) is 7.95. The molecule has 0 saturated carbocycles. The largest absolute Gasteiger partial charge is 0.339 e. The van der Waals surface area contributed by atoms with Crippen molar-refractivity contribution < 1.29 is 9.59 Å². The van der Waals surface area contributed by atoms with E-state index in [-0.39, 0.29) is 11.8 Å². The first-order valence-corrected chi connectivity index (χ1v) is 9.94. The zero-order chi connectivity index (χ0) is 18.6. The normalized spacial score (nSPS) is 20.1. The molecule has 0 spiro atoms. The molecule has 4 nitrogen and oxygen atoms in total. The van der Waals surface area contributed by atoms with Crippen LogP contribution in [0.3, 0.4) is 0 Å². The average Bonchev–Trinajstić information content (AvgIpc) is 3.09. The van der Waals surface area contributed by atoms with Crippen LogP contribution < -0.4 is 4.90 Å². The SMILES string of the molecule is O=C(c1ccc(C[C@H]2CC(=O)N(c3ccccc3)C2)cc1)N1CCCCC1. The van der Waals surface area contributed by atoms with E-state index in [1.165, 1.54) is 12.0 Å². The van der Waals surface area contributed by atoms with E-state index in [0.717, 1.165) is 50.1 Å². The molecule has 2 saturated heterocycles. The van der Waals surface area contributed by atoms with Crippen LogP contribution in [0.2, 0.25) is 0 Å². The molecule has 2 heterocycles. The van der Waals surface area contributed by atoms with Gasteiger partial charge in [-0.1, -0.05) is 30.3 Å². The number of carbonyl (C=O) groups excluding carboxylic acids is 2. The van der Waals surface area contributed by atoms with Crippen LogP contribution in [0.1, 0.15) is 41.6 Å². The summed E-state index contributed by atoms with van der Waals surface area (Å²) >= 11 is 0. The molecule has 2 aromatic carbocycles. The molecule has 27 heavy (non-hydrogen) atoms. The van der Waals surface area contributed by atoms with Crippen molar-refractivity contribution in [3.8, 4) is 0 Å². The molecule has 2 aromatic rings. The van der Waals surface area contributed by atoms with Crippen molar-refractivity contribution in [1.29, 1.82) is 0 Å². The topological polar surface area (TPSA) is 40.6 Å². The number of carbonyl (C=O) groups is 2. The van der Waals surface area contributed by atoms with Crippen molar-refractivity contribution in [1.82, 2.24) is 4.90 Å². The van der Waals surface area contributed by atoms with E-state index in [1.807, 2.05) is 64.4 Å². The second-order valence-corrected chi connectivity index (χ2v) is 7.66. The maximum Gasteiger partial charge on any atom is 0.253 e. The minimum atomic E-state index is 0.146. The number of piperidine rings is 1. The van der Waals surface area contributed by atoms with Crippen LogP contribution in [0.15, 0.2) is 54.6 Å². The third-order valence-electron chi connectivity index (χ3n) is 5.64. The minimum absolute atomic E-state index is 0.146. The third kappa shape index (κ3) is 4.05. The summed E-state index contributed by atoms with van der Waals surface area (Å²) in [6, 6.07) is 17.9. The quantitative estimate of drug-likeness (QED) is 0.827. The van der Waals surface area contributed by atoms with Crippen molar-refractivity contribution in [3.63, 3.8) is 0 Å². The molecule has 4 rings (SSSR count). The van der Waals surface area contributed by atoms with Crippen molar-refractivity contribution in [2.75, 3.05) is 24.5 Å². The van der Waals surface area contributed by atoms with Crippen molar-refractivity contribution >= 4 is 17.5 Å². The Hall–Kier alpha value is -2.62. The summed E-state index contributed by atoms with van der Waals surface area (Å²) in [5.41, 5.74) is 2.94. The fourth-order valence-electron chi connectivity index (χ4n) is 4.17. The zero-order valence-corrected chi connectivity index (χ0v) is 15.6. The van der Waals surface area contributed by atoms with Gasteiger partial charge in [0.1, 0.15) is 0 Å². The van der Waals surface area contributed by atoms with Crippen molar-refractivity contribution in [2.45, 2.75) is 32.1 Å². The predicted octanol–water partition coefficient (Wildman–Crippen LogP) is 3.91. The van der Waals surface area contributed by atoms with Gasteiger partial charge in [-0.3, -0.25) is 9.59 Å². The maximum absolute atomic E-state index is 12.6. The first-order valence-electron chi connectivity index (χ1n) is 9.94. The number of likely N-dealkylation sites (tertiary alicyclic amines) is 1. The lowest BCUT2D eigenvalue weighted by Crippen LogP contribution is -2.35. The molecule has 140 valence electrons. The standard InChI is InChI=1S/C23H26N2O2/c26-22-16-19(17-25(22)21-7-3-1-4-8-21)15-18-9-11-20(12-10-18)23(27)24-13-5-2-6-14-24/h1,3-4,7-12,19H,2,5-6,13-17H2/t19-/m0/s1. The summed E-state index contributed by atoms with van der Waals surface area (Å²) in [5.74, 6) is 0.664. The molecular weight excluding hydrogens is 336 g/mol. The monoisotopic (exact) mass is 362 g/mol. The highest BCUT2D eigenvalue weighted by atomic mass is 16.2. The van der Waals surface area contributed by atoms with E-state index >= 15 is 0 Å². The van der Waals surface area contributed by atoms with E-state index in [4.69, 9.17) is 0 Å². The number of rotatable bonds is 4. The van der Waals surface area contributed by atoms with Gasteiger partial charge in [0.2, 0.25) is 5.91 Å². The highest BCUT2D eigenvalue weighted by Gasteiger charge is 2.30. The maximum atomic E-state index is 12.6. The number of anilines is 1. The van der Waals surface area contributed by atoms with E-state index in [2.05, 4.69) is 0 Å². The molecule has 0 aliphatic carbocycles. The summed E-state index contributed by atoms with van der Waals surface area (Å²) in [5, 5.41) is 0. The van der Waals surface area contributed by atoms with E-state index < -0.39 is 0 Å². The number of benzene rings is 2. The Balaban J connectivity index is 1.37. The minimum Gasteiger partial charge on any atom is -0.339 e. The average molecular weight is 362 g/mol. The molecular formula is C23H26N2O2. The van der Waals surface area contributed by atoms with Gasteiger partial charge in [-0.15, -0.1) is 0 Å². The molecule has 1 atom stereocenters. The number of amides is 2. The van der Waals surface area contributed by atoms with Gasteiger partial charge in [0.15, 0.2) is 0 Å². The smallest absolute Gasteiger partial charge is 0.253 e. The summed E-state index contributed by atoms with van der Waals surface area (Å²) in [6.45, 7) is 2.51. The molecule has 2 amide bonds. The molecule has 2 aliphatic heterocycles. The molecule has 2 aliphatic rings. The van der Waals surface area contributed by atoms with Gasteiger partial charge >= 0.3 is 0 Å². The highest BCUT2D eigenvalue weighted by molar-refractivity contribution is 5.96. The Labute approximate surface area is 160 Å². The van der Waals surface area contributed by atoms with Crippen molar-refractivity contribution in [3.05, 3.63) is 65.7 Å². The van der Waals surface area contributed by atoms with Crippen LogP contribution in [0.25, 0.3) is 0 Å². The third-order valence-corrected chi connectivity index (χ3v) is 5.64. The van der Waals surface area contributed by atoms with Gasteiger partial charge in [-0.05, 0) is 61.4 Å². The Morgan fingerprint density at radius 2 is 1.63 bits per heavy atom. The van der Waals surface area contributed by atoms with Gasteiger partial charge in [0.25, 0.3) is 5.91 Å². The Bertz CT molecular complexity index is 795. The lowest BCUT2D eigenvalue weighted by molar-refractivity contribution is -0.117. The zero-order valence-electron chi connectivity index (χ0n) is 15.6. The van der Waals surface area contributed by atoms with Gasteiger partial charge in [0.05, 0.1) is 0 Å².